The molecule has 1 aromatic carbocycles. The van der Waals surface area contributed by atoms with E-state index in [2.05, 4.69) is 10.4 Å². The van der Waals surface area contributed by atoms with E-state index in [9.17, 15) is 14.9 Å². The maximum atomic E-state index is 11.5. The highest BCUT2D eigenvalue weighted by atomic mass is 16.6. The molecule has 1 heterocycles. The Bertz CT molecular complexity index is 722. The first-order valence-corrected chi connectivity index (χ1v) is 7.56. The SMILES string of the molecule is CN(C)C(=O)CCNCc1cn(C)nc1-c1ccc([N+](=O)[O-])cc1. The lowest BCUT2D eigenvalue weighted by molar-refractivity contribution is -0.384. The van der Waals surface area contributed by atoms with Crippen LogP contribution in [0, 0.1) is 10.1 Å². The van der Waals surface area contributed by atoms with Crippen molar-refractivity contribution in [2.75, 3.05) is 20.6 Å². The minimum absolute atomic E-state index is 0.0524. The highest BCUT2D eigenvalue weighted by Gasteiger charge is 2.12. The van der Waals surface area contributed by atoms with Gasteiger partial charge in [0.05, 0.1) is 10.6 Å². The fraction of sp³-hybridized carbons (Fsp3) is 0.375. The Kier molecular flexibility index (Phi) is 5.64. The summed E-state index contributed by atoms with van der Waals surface area (Å²) in [6.45, 7) is 1.15. The number of carbonyl (C=O) groups excluding carboxylic acids is 1. The van der Waals surface area contributed by atoms with Gasteiger partial charge in [0, 0.05) is 70.1 Å². The van der Waals surface area contributed by atoms with Crippen LogP contribution in [0.1, 0.15) is 12.0 Å². The van der Waals surface area contributed by atoms with E-state index in [1.165, 1.54) is 12.1 Å². The third-order valence-electron chi connectivity index (χ3n) is 3.59. The molecule has 0 saturated carbocycles. The second-order valence-electron chi connectivity index (χ2n) is 5.70. The van der Waals surface area contributed by atoms with E-state index >= 15 is 0 Å². The van der Waals surface area contributed by atoms with Gasteiger partial charge in [0.25, 0.3) is 5.69 Å². The molecule has 2 rings (SSSR count). The van der Waals surface area contributed by atoms with E-state index in [0.717, 1.165) is 16.8 Å². The van der Waals surface area contributed by atoms with Crippen LogP contribution in [0.15, 0.2) is 30.5 Å². The van der Waals surface area contributed by atoms with Crippen molar-refractivity contribution in [3.8, 4) is 11.3 Å². The molecule has 0 spiro atoms. The van der Waals surface area contributed by atoms with Gasteiger partial charge in [-0.25, -0.2) is 0 Å². The van der Waals surface area contributed by atoms with Crippen molar-refractivity contribution < 1.29 is 9.72 Å². The third kappa shape index (κ3) is 4.39. The monoisotopic (exact) mass is 331 g/mol. The van der Waals surface area contributed by atoms with E-state index in [1.807, 2.05) is 13.2 Å². The number of hydrogen-bond donors (Lipinski definition) is 1. The highest BCUT2D eigenvalue weighted by molar-refractivity contribution is 5.75. The molecule has 1 N–H and O–H groups in total. The Morgan fingerprint density at radius 2 is 2.00 bits per heavy atom. The fourth-order valence-electron chi connectivity index (χ4n) is 2.29. The van der Waals surface area contributed by atoms with Gasteiger partial charge < -0.3 is 10.2 Å². The summed E-state index contributed by atoms with van der Waals surface area (Å²) in [6.07, 6.45) is 2.33. The van der Waals surface area contributed by atoms with Gasteiger partial charge in [-0.05, 0) is 12.1 Å². The highest BCUT2D eigenvalue weighted by Crippen LogP contribution is 2.24. The standard InChI is InChI=1S/C16H21N5O3/c1-19(2)15(22)8-9-17-10-13-11-20(3)18-16(13)12-4-6-14(7-5-12)21(23)24/h4-7,11,17H,8-10H2,1-3H3. The smallest absolute Gasteiger partial charge is 0.269 e. The molecule has 0 aliphatic heterocycles. The average molecular weight is 331 g/mol. The average Bonchev–Trinajstić information content (AvgIpc) is 2.92. The van der Waals surface area contributed by atoms with Gasteiger partial charge in [-0.2, -0.15) is 5.10 Å². The molecule has 1 aromatic heterocycles. The van der Waals surface area contributed by atoms with Crippen molar-refractivity contribution in [2.24, 2.45) is 7.05 Å². The Balaban J connectivity index is 2.04. The van der Waals surface area contributed by atoms with Crippen molar-refractivity contribution in [2.45, 2.75) is 13.0 Å². The molecule has 0 saturated heterocycles. The summed E-state index contributed by atoms with van der Waals surface area (Å²) in [5, 5.41) is 18.4. The Morgan fingerprint density at radius 3 is 2.58 bits per heavy atom. The molecular formula is C16H21N5O3. The maximum absolute atomic E-state index is 11.5. The molecule has 24 heavy (non-hydrogen) atoms. The molecule has 0 aliphatic carbocycles. The van der Waals surface area contributed by atoms with Gasteiger partial charge in [-0.15, -0.1) is 0 Å². The number of aromatic nitrogens is 2. The predicted molar refractivity (Wildman–Crippen MR) is 90.3 cm³/mol. The molecule has 0 fully saturated rings. The molecule has 8 heteroatoms. The minimum atomic E-state index is -0.424. The summed E-state index contributed by atoms with van der Waals surface area (Å²) in [5.74, 6) is 0.0734. The number of aryl methyl sites for hydroxylation is 1. The zero-order valence-corrected chi connectivity index (χ0v) is 14.0. The number of nitrogens with one attached hydrogen (secondary N) is 1. The largest absolute Gasteiger partial charge is 0.349 e. The molecule has 0 radical (unpaired) electrons. The second kappa shape index (κ2) is 7.69. The number of non-ortho nitro benzene ring substituents is 1. The molecule has 0 aliphatic rings. The zero-order valence-electron chi connectivity index (χ0n) is 14.0. The molecule has 128 valence electrons. The van der Waals surface area contributed by atoms with Gasteiger partial charge in [0.15, 0.2) is 0 Å². The van der Waals surface area contributed by atoms with Gasteiger partial charge in [0.2, 0.25) is 5.91 Å². The molecule has 0 bridgehead atoms. The second-order valence-corrected chi connectivity index (χ2v) is 5.70. The van der Waals surface area contributed by atoms with Crippen LogP contribution in [-0.4, -0.2) is 46.2 Å². The first-order chi connectivity index (χ1) is 11.4. The molecule has 0 atom stereocenters. The van der Waals surface area contributed by atoms with Crippen molar-refractivity contribution in [3.63, 3.8) is 0 Å². The number of nitrogens with zero attached hydrogens (tertiary/aromatic N) is 4. The van der Waals surface area contributed by atoms with E-state index in [-0.39, 0.29) is 11.6 Å². The number of amides is 1. The molecule has 0 unspecified atom stereocenters. The normalized spacial score (nSPS) is 10.6. The Labute approximate surface area is 140 Å². The summed E-state index contributed by atoms with van der Waals surface area (Å²) in [5.41, 5.74) is 2.63. The van der Waals surface area contributed by atoms with Crippen LogP contribution >= 0.6 is 0 Å². The number of nitro groups is 1. The molecule has 2 aromatic rings. The van der Waals surface area contributed by atoms with Gasteiger partial charge >= 0.3 is 0 Å². The Hall–Kier alpha value is -2.74. The quantitative estimate of drug-likeness (QED) is 0.472. The minimum Gasteiger partial charge on any atom is -0.349 e. The lowest BCUT2D eigenvalue weighted by atomic mass is 10.1. The summed E-state index contributed by atoms with van der Waals surface area (Å²) in [4.78, 5) is 23.4. The van der Waals surface area contributed by atoms with Crippen LogP contribution < -0.4 is 5.32 Å². The van der Waals surface area contributed by atoms with Crippen LogP contribution in [0.25, 0.3) is 11.3 Å². The van der Waals surface area contributed by atoms with Crippen LogP contribution in [0.5, 0.6) is 0 Å². The van der Waals surface area contributed by atoms with Gasteiger partial charge in [-0.3, -0.25) is 19.6 Å². The summed E-state index contributed by atoms with van der Waals surface area (Å²) < 4.78 is 1.71. The number of benzene rings is 1. The lowest BCUT2D eigenvalue weighted by Gasteiger charge is -2.10. The molecular weight excluding hydrogens is 310 g/mol. The van der Waals surface area contributed by atoms with Gasteiger partial charge in [-0.1, -0.05) is 0 Å². The first-order valence-electron chi connectivity index (χ1n) is 7.56. The number of nitro benzene ring substituents is 1. The van der Waals surface area contributed by atoms with Crippen LogP contribution in [-0.2, 0) is 18.4 Å². The van der Waals surface area contributed by atoms with Crippen molar-refractivity contribution in [3.05, 3.63) is 46.1 Å². The number of carbonyl (C=O) groups is 1. The zero-order chi connectivity index (χ0) is 17.7. The number of hydrogen-bond acceptors (Lipinski definition) is 5. The van der Waals surface area contributed by atoms with E-state index in [0.29, 0.717) is 19.5 Å². The van der Waals surface area contributed by atoms with Crippen molar-refractivity contribution in [1.29, 1.82) is 0 Å². The van der Waals surface area contributed by atoms with Gasteiger partial charge in [0.1, 0.15) is 0 Å². The number of rotatable bonds is 7. The molecule has 8 nitrogen and oxygen atoms in total. The van der Waals surface area contributed by atoms with Crippen LogP contribution in [0.4, 0.5) is 5.69 Å². The fourth-order valence-corrected chi connectivity index (χ4v) is 2.29. The topological polar surface area (TPSA) is 93.3 Å². The summed E-state index contributed by atoms with van der Waals surface area (Å²) in [7, 11) is 5.29. The first kappa shape index (κ1) is 17.6. The van der Waals surface area contributed by atoms with Crippen molar-refractivity contribution >= 4 is 11.6 Å². The van der Waals surface area contributed by atoms with E-state index < -0.39 is 4.92 Å². The van der Waals surface area contributed by atoms with E-state index in [4.69, 9.17) is 0 Å². The summed E-state index contributed by atoms with van der Waals surface area (Å²) in [6, 6.07) is 6.33. The maximum Gasteiger partial charge on any atom is 0.269 e. The van der Waals surface area contributed by atoms with Crippen molar-refractivity contribution in [1.82, 2.24) is 20.0 Å². The van der Waals surface area contributed by atoms with Crippen LogP contribution in [0.2, 0.25) is 0 Å². The summed E-state index contributed by atoms with van der Waals surface area (Å²) >= 11 is 0. The predicted octanol–water partition coefficient (Wildman–Crippen LogP) is 1.56. The molecule has 1 amide bonds. The Morgan fingerprint density at radius 1 is 1.33 bits per heavy atom. The lowest BCUT2D eigenvalue weighted by Crippen LogP contribution is -2.26. The third-order valence-corrected chi connectivity index (χ3v) is 3.59. The van der Waals surface area contributed by atoms with Crippen LogP contribution in [0.3, 0.4) is 0 Å². The van der Waals surface area contributed by atoms with E-state index in [1.54, 1.807) is 35.8 Å².